The van der Waals surface area contributed by atoms with Crippen LogP contribution in [0.1, 0.15) is 5.56 Å². The van der Waals surface area contributed by atoms with Gasteiger partial charge in [0, 0.05) is 18.0 Å². The molecule has 0 fully saturated rings. The van der Waals surface area contributed by atoms with Gasteiger partial charge in [-0.3, -0.25) is 0 Å². The minimum atomic E-state index is 0.379. The summed E-state index contributed by atoms with van der Waals surface area (Å²) in [6.07, 6.45) is 4.03. The molecule has 0 spiro atoms. The van der Waals surface area contributed by atoms with E-state index in [4.69, 9.17) is 11.5 Å². The number of nitrogens with two attached hydrogens (primary N) is 2. The van der Waals surface area contributed by atoms with Crippen molar-refractivity contribution in [1.29, 1.82) is 0 Å². The van der Waals surface area contributed by atoms with Gasteiger partial charge in [0.1, 0.15) is 5.69 Å². The van der Waals surface area contributed by atoms with Crippen molar-refractivity contribution < 1.29 is 0 Å². The van der Waals surface area contributed by atoms with E-state index in [2.05, 4.69) is 27.1 Å². The molecule has 0 saturated carbocycles. The number of anilines is 1. The lowest BCUT2D eigenvalue weighted by Crippen LogP contribution is -2.02. The van der Waals surface area contributed by atoms with Crippen molar-refractivity contribution >= 4 is 5.82 Å². The first-order chi connectivity index (χ1) is 10.8. The number of hydrogen-bond acceptors (Lipinski definition) is 5. The zero-order valence-corrected chi connectivity index (χ0v) is 12.1. The highest BCUT2D eigenvalue weighted by Crippen LogP contribution is 2.24. The average molecular weight is 291 g/mol. The van der Waals surface area contributed by atoms with Crippen LogP contribution >= 0.6 is 0 Å². The standard InChI is InChI=1S/C17H17N5/c18-8-7-12-3-1-4-13(11-12)14-5-2-6-15(22-14)16-17(19)21-10-9-20-16/h1-6,9-11H,7-8,18H2,(H2,19,21). The predicted molar refractivity (Wildman–Crippen MR) is 87.9 cm³/mol. The lowest BCUT2D eigenvalue weighted by Gasteiger charge is -2.07. The Morgan fingerprint density at radius 3 is 2.50 bits per heavy atom. The molecule has 5 heteroatoms. The fourth-order valence-electron chi connectivity index (χ4n) is 2.33. The van der Waals surface area contributed by atoms with Gasteiger partial charge >= 0.3 is 0 Å². The second-order valence-corrected chi connectivity index (χ2v) is 4.94. The maximum atomic E-state index is 5.88. The largest absolute Gasteiger partial charge is 0.382 e. The van der Waals surface area contributed by atoms with Crippen LogP contribution in [0.3, 0.4) is 0 Å². The third-order valence-corrected chi connectivity index (χ3v) is 3.37. The highest BCUT2D eigenvalue weighted by molar-refractivity contribution is 5.69. The van der Waals surface area contributed by atoms with Gasteiger partial charge in [0.25, 0.3) is 0 Å². The van der Waals surface area contributed by atoms with E-state index in [9.17, 15) is 0 Å². The zero-order valence-electron chi connectivity index (χ0n) is 12.1. The minimum Gasteiger partial charge on any atom is -0.382 e. The third-order valence-electron chi connectivity index (χ3n) is 3.37. The van der Waals surface area contributed by atoms with Gasteiger partial charge in [-0.1, -0.05) is 24.3 Å². The van der Waals surface area contributed by atoms with Crippen molar-refractivity contribution in [3.63, 3.8) is 0 Å². The Morgan fingerprint density at radius 2 is 1.68 bits per heavy atom. The molecule has 0 bridgehead atoms. The molecule has 1 aromatic carbocycles. The summed E-state index contributed by atoms with van der Waals surface area (Å²) in [4.78, 5) is 13.0. The molecule has 0 amide bonds. The van der Waals surface area contributed by atoms with Crippen LogP contribution in [0.4, 0.5) is 5.82 Å². The molecule has 0 aliphatic rings. The Balaban J connectivity index is 2.01. The fourth-order valence-corrected chi connectivity index (χ4v) is 2.33. The first-order valence-corrected chi connectivity index (χ1v) is 7.11. The molecule has 3 rings (SSSR count). The Morgan fingerprint density at radius 1 is 0.909 bits per heavy atom. The minimum absolute atomic E-state index is 0.379. The van der Waals surface area contributed by atoms with Gasteiger partial charge < -0.3 is 11.5 Å². The maximum absolute atomic E-state index is 5.88. The molecule has 2 heterocycles. The van der Waals surface area contributed by atoms with E-state index in [0.717, 1.165) is 17.7 Å². The SMILES string of the molecule is NCCc1cccc(-c2cccc(-c3nccnc3N)n2)c1. The summed E-state index contributed by atoms with van der Waals surface area (Å²) in [6, 6.07) is 14.0. The van der Waals surface area contributed by atoms with Crippen LogP contribution in [-0.2, 0) is 6.42 Å². The topological polar surface area (TPSA) is 90.7 Å². The normalized spacial score (nSPS) is 10.6. The quantitative estimate of drug-likeness (QED) is 0.769. The Labute approximate surface area is 129 Å². The molecular weight excluding hydrogens is 274 g/mol. The molecule has 5 nitrogen and oxygen atoms in total. The van der Waals surface area contributed by atoms with E-state index in [-0.39, 0.29) is 0 Å². The maximum Gasteiger partial charge on any atom is 0.151 e. The molecule has 110 valence electrons. The van der Waals surface area contributed by atoms with Crippen molar-refractivity contribution in [3.8, 4) is 22.6 Å². The summed E-state index contributed by atoms with van der Waals surface area (Å²) in [6.45, 7) is 0.632. The number of aromatic nitrogens is 3. The van der Waals surface area contributed by atoms with Crippen molar-refractivity contribution in [2.24, 2.45) is 5.73 Å². The van der Waals surface area contributed by atoms with Gasteiger partial charge in [-0.15, -0.1) is 0 Å². The number of rotatable bonds is 4. The number of pyridine rings is 1. The summed E-state index contributed by atoms with van der Waals surface area (Å²) in [7, 11) is 0. The smallest absolute Gasteiger partial charge is 0.151 e. The van der Waals surface area contributed by atoms with Crippen molar-refractivity contribution in [2.45, 2.75) is 6.42 Å². The number of hydrogen-bond donors (Lipinski definition) is 2. The summed E-state index contributed by atoms with van der Waals surface area (Å²) in [5, 5.41) is 0. The molecule has 0 unspecified atom stereocenters. The van der Waals surface area contributed by atoms with Crippen LogP contribution in [0.15, 0.2) is 54.9 Å². The van der Waals surface area contributed by atoms with Gasteiger partial charge in [-0.05, 0) is 36.7 Å². The van der Waals surface area contributed by atoms with E-state index >= 15 is 0 Å². The molecule has 2 aromatic heterocycles. The van der Waals surface area contributed by atoms with Crippen molar-refractivity contribution in [1.82, 2.24) is 15.0 Å². The monoisotopic (exact) mass is 291 g/mol. The predicted octanol–water partition coefficient (Wildman–Crippen LogP) is 2.29. The Hall–Kier alpha value is -2.79. The first-order valence-electron chi connectivity index (χ1n) is 7.11. The Bertz CT molecular complexity index is 785. The van der Waals surface area contributed by atoms with E-state index < -0.39 is 0 Å². The number of nitrogens with zero attached hydrogens (tertiary/aromatic N) is 3. The van der Waals surface area contributed by atoms with Gasteiger partial charge in [0.15, 0.2) is 5.82 Å². The lowest BCUT2D eigenvalue weighted by atomic mass is 10.1. The van der Waals surface area contributed by atoms with E-state index in [1.165, 1.54) is 5.56 Å². The summed E-state index contributed by atoms with van der Waals surface area (Å²) in [5.74, 6) is 0.379. The van der Waals surface area contributed by atoms with E-state index in [0.29, 0.717) is 23.8 Å². The van der Waals surface area contributed by atoms with Crippen LogP contribution in [-0.4, -0.2) is 21.5 Å². The number of nitrogen functional groups attached to an aromatic ring is 1. The second kappa shape index (κ2) is 6.32. The summed E-state index contributed by atoms with van der Waals surface area (Å²) >= 11 is 0. The lowest BCUT2D eigenvalue weighted by molar-refractivity contribution is 0.969. The van der Waals surface area contributed by atoms with Crippen molar-refractivity contribution in [2.75, 3.05) is 12.3 Å². The second-order valence-electron chi connectivity index (χ2n) is 4.94. The van der Waals surface area contributed by atoms with Gasteiger partial charge in [-0.25, -0.2) is 15.0 Å². The number of benzene rings is 1. The Kier molecular flexibility index (Phi) is 4.07. The van der Waals surface area contributed by atoms with Crippen LogP contribution in [0.25, 0.3) is 22.6 Å². The third kappa shape index (κ3) is 2.94. The highest BCUT2D eigenvalue weighted by Gasteiger charge is 2.08. The molecule has 3 aromatic rings. The summed E-state index contributed by atoms with van der Waals surface area (Å²) < 4.78 is 0. The van der Waals surface area contributed by atoms with Crippen LogP contribution < -0.4 is 11.5 Å². The van der Waals surface area contributed by atoms with Gasteiger partial charge in [-0.2, -0.15) is 0 Å². The van der Waals surface area contributed by atoms with E-state index in [1.807, 2.05) is 30.3 Å². The van der Waals surface area contributed by atoms with E-state index in [1.54, 1.807) is 12.4 Å². The molecule has 22 heavy (non-hydrogen) atoms. The van der Waals surface area contributed by atoms with Crippen LogP contribution in [0.2, 0.25) is 0 Å². The highest BCUT2D eigenvalue weighted by atomic mass is 14.9. The molecule has 0 saturated heterocycles. The van der Waals surface area contributed by atoms with Crippen LogP contribution in [0.5, 0.6) is 0 Å². The molecule has 0 atom stereocenters. The molecule has 4 N–H and O–H groups in total. The molecular formula is C17H17N5. The first kappa shape index (κ1) is 14.2. The zero-order chi connectivity index (χ0) is 15.4. The van der Waals surface area contributed by atoms with Crippen LogP contribution in [0, 0.1) is 0 Å². The van der Waals surface area contributed by atoms with Crippen molar-refractivity contribution in [3.05, 3.63) is 60.4 Å². The molecule has 0 radical (unpaired) electrons. The molecule has 0 aliphatic carbocycles. The average Bonchev–Trinajstić information content (AvgIpc) is 2.56. The van der Waals surface area contributed by atoms with Gasteiger partial charge in [0.2, 0.25) is 0 Å². The summed E-state index contributed by atoms with van der Waals surface area (Å²) in [5.41, 5.74) is 15.9. The fraction of sp³-hybridized carbons (Fsp3) is 0.118. The molecule has 0 aliphatic heterocycles. The van der Waals surface area contributed by atoms with Gasteiger partial charge in [0.05, 0.1) is 11.4 Å².